The van der Waals surface area contributed by atoms with Crippen LogP contribution in [-0.2, 0) is 0 Å². The van der Waals surface area contributed by atoms with Crippen molar-refractivity contribution in [2.75, 3.05) is 0 Å². The topological polar surface area (TPSA) is 70.9 Å². The van der Waals surface area contributed by atoms with E-state index in [1.54, 1.807) is 30.3 Å². The lowest BCUT2D eigenvalue weighted by molar-refractivity contribution is 0.0955. The van der Waals surface area contributed by atoms with Crippen LogP contribution in [0.5, 0.6) is 0 Å². The first-order chi connectivity index (χ1) is 10.3. The van der Waals surface area contributed by atoms with Crippen molar-refractivity contribution in [3.63, 3.8) is 0 Å². The van der Waals surface area contributed by atoms with Gasteiger partial charge in [0.15, 0.2) is 11.5 Å². The second-order valence-corrected chi connectivity index (χ2v) is 4.77. The first-order valence-electron chi connectivity index (χ1n) is 6.43. The standard InChI is InChI=1S/C15H10FN3O2/c16-9-5-2-1-4-8(9)12-11-13(10-6-3-7-21-10)18-19-14(11)15(20)17-12/h1-7,12H,(H,17,20)(H,18,19)/t12-/m1/s1. The number of rotatable bonds is 2. The minimum absolute atomic E-state index is 0.273. The van der Waals surface area contributed by atoms with Gasteiger partial charge < -0.3 is 9.73 Å². The van der Waals surface area contributed by atoms with Gasteiger partial charge in [-0.1, -0.05) is 18.2 Å². The molecule has 0 bridgehead atoms. The van der Waals surface area contributed by atoms with Crippen LogP contribution in [0.3, 0.4) is 0 Å². The SMILES string of the molecule is O=C1N[C@H](c2ccccc2F)c2c1n[nH]c2-c1ccco1. The Morgan fingerprint density at radius 2 is 2.05 bits per heavy atom. The van der Waals surface area contributed by atoms with Crippen molar-refractivity contribution in [3.05, 3.63) is 65.3 Å². The van der Waals surface area contributed by atoms with E-state index in [0.29, 0.717) is 22.6 Å². The number of fused-ring (bicyclic) bond motifs is 1. The number of nitrogens with zero attached hydrogens (tertiary/aromatic N) is 1. The number of furan rings is 1. The number of nitrogens with one attached hydrogen (secondary N) is 2. The number of amides is 1. The van der Waals surface area contributed by atoms with Gasteiger partial charge in [0, 0.05) is 11.1 Å². The van der Waals surface area contributed by atoms with Crippen LogP contribution in [-0.4, -0.2) is 16.1 Å². The molecule has 6 heteroatoms. The molecule has 0 radical (unpaired) electrons. The Bertz CT molecular complexity index is 823. The Labute approximate surface area is 118 Å². The van der Waals surface area contributed by atoms with Crippen LogP contribution >= 0.6 is 0 Å². The van der Waals surface area contributed by atoms with Crippen LogP contribution in [0.2, 0.25) is 0 Å². The molecule has 0 aliphatic carbocycles. The predicted molar refractivity (Wildman–Crippen MR) is 72.0 cm³/mol. The van der Waals surface area contributed by atoms with E-state index in [-0.39, 0.29) is 17.4 Å². The third kappa shape index (κ3) is 1.69. The summed E-state index contributed by atoms with van der Waals surface area (Å²) in [7, 11) is 0. The molecule has 104 valence electrons. The van der Waals surface area contributed by atoms with Gasteiger partial charge in [0.2, 0.25) is 0 Å². The van der Waals surface area contributed by atoms with Crippen molar-refractivity contribution in [2.45, 2.75) is 6.04 Å². The number of benzene rings is 1. The van der Waals surface area contributed by atoms with Gasteiger partial charge in [-0.15, -0.1) is 0 Å². The Hall–Kier alpha value is -2.89. The molecule has 0 spiro atoms. The van der Waals surface area contributed by atoms with E-state index in [2.05, 4.69) is 15.5 Å². The predicted octanol–water partition coefficient (Wildman–Crippen LogP) is 2.64. The fraction of sp³-hybridized carbons (Fsp3) is 0.0667. The summed E-state index contributed by atoms with van der Waals surface area (Å²) < 4.78 is 19.4. The van der Waals surface area contributed by atoms with Gasteiger partial charge in [-0.25, -0.2) is 4.39 Å². The summed E-state index contributed by atoms with van der Waals surface area (Å²) in [5, 5.41) is 9.58. The molecule has 0 saturated carbocycles. The van der Waals surface area contributed by atoms with Crippen LogP contribution in [0.25, 0.3) is 11.5 Å². The maximum atomic E-state index is 14.0. The van der Waals surface area contributed by atoms with Gasteiger partial charge in [0.05, 0.1) is 12.3 Å². The lowest BCUT2D eigenvalue weighted by Crippen LogP contribution is -2.21. The summed E-state index contributed by atoms with van der Waals surface area (Å²) >= 11 is 0. The Kier molecular flexibility index (Phi) is 2.44. The van der Waals surface area contributed by atoms with E-state index < -0.39 is 6.04 Å². The summed E-state index contributed by atoms with van der Waals surface area (Å²) in [6.07, 6.45) is 1.53. The minimum atomic E-state index is -0.576. The van der Waals surface area contributed by atoms with Crippen LogP contribution in [0.15, 0.2) is 47.1 Å². The smallest absolute Gasteiger partial charge is 0.272 e. The number of aromatic nitrogens is 2. The zero-order chi connectivity index (χ0) is 14.4. The van der Waals surface area contributed by atoms with Crippen molar-refractivity contribution in [1.29, 1.82) is 0 Å². The highest BCUT2D eigenvalue weighted by Gasteiger charge is 2.37. The molecule has 3 aromatic rings. The van der Waals surface area contributed by atoms with E-state index >= 15 is 0 Å². The van der Waals surface area contributed by atoms with Crippen molar-refractivity contribution in [3.8, 4) is 11.5 Å². The molecule has 0 unspecified atom stereocenters. The molecule has 1 aliphatic rings. The van der Waals surface area contributed by atoms with Crippen LogP contribution in [0.4, 0.5) is 4.39 Å². The van der Waals surface area contributed by atoms with E-state index in [1.165, 1.54) is 12.3 Å². The highest BCUT2D eigenvalue weighted by atomic mass is 19.1. The fourth-order valence-electron chi connectivity index (χ4n) is 2.63. The number of carbonyl (C=O) groups is 1. The lowest BCUT2D eigenvalue weighted by atomic mass is 9.98. The lowest BCUT2D eigenvalue weighted by Gasteiger charge is -2.13. The van der Waals surface area contributed by atoms with Crippen LogP contribution in [0.1, 0.15) is 27.7 Å². The van der Waals surface area contributed by atoms with Crippen molar-refractivity contribution >= 4 is 5.91 Å². The van der Waals surface area contributed by atoms with E-state index in [0.717, 1.165) is 0 Å². The zero-order valence-corrected chi connectivity index (χ0v) is 10.8. The van der Waals surface area contributed by atoms with Gasteiger partial charge in [-0.2, -0.15) is 5.10 Å². The molecule has 2 aromatic heterocycles. The normalized spacial score (nSPS) is 16.8. The number of carbonyl (C=O) groups excluding carboxylic acids is 1. The van der Waals surface area contributed by atoms with Crippen LogP contribution < -0.4 is 5.32 Å². The molecule has 0 saturated heterocycles. The molecular formula is C15H10FN3O2. The van der Waals surface area contributed by atoms with Gasteiger partial charge in [0.1, 0.15) is 11.5 Å². The fourth-order valence-corrected chi connectivity index (χ4v) is 2.63. The third-order valence-electron chi connectivity index (χ3n) is 3.57. The van der Waals surface area contributed by atoms with Crippen molar-refractivity contribution in [2.24, 2.45) is 0 Å². The quantitative estimate of drug-likeness (QED) is 0.759. The van der Waals surface area contributed by atoms with E-state index in [1.807, 2.05) is 0 Å². The number of H-pyrrole nitrogens is 1. The number of hydrogen-bond donors (Lipinski definition) is 2. The summed E-state index contributed by atoms with van der Waals surface area (Å²) in [6.45, 7) is 0. The van der Waals surface area contributed by atoms with Crippen LogP contribution in [0, 0.1) is 5.82 Å². The molecule has 1 amide bonds. The maximum Gasteiger partial charge on any atom is 0.272 e. The molecular weight excluding hydrogens is 273 g/mol. The van der Waals surface area contributed by atoms with Crippen molar-refractivity contribution in [1.82, 2.24) is 15.5 Å². The monoisotopic (exact) mass is 283 g/mol. The second kappa shape index (κ2) is 4.31. The number of hydrogen-bond acceptors (Lipinski definition) is 3. The van der Waals surface area contributed by atoms with Gasteiger partial charge in [-0.05, 0) is 18.2 Å². The summed E-state index contributed by atoms with van der Waals surface area (Å²) in [5.41, 5.74) is 1.87. The molecule has 1 aromatic carbocycles. The molecule has 0 fully saturated rings. The average Bonchev–Trinajstić information content (AvgIpc) is 3.18. The van der Waals surface area contributed by atoms with E-state index in [9.17, 15) is 9.18 Å². The second-order valence-electron chi connectivity index (χ2n) is 4.77. The molecule has 21 heavy (non-hydrogen) atoms. The highest BCUT2D eigenvalue weighted by Crippen LogP contribution is 2.37. The Morgan fingerprint density at radius 1 is 1.19 bits per heavy atom. The molecule has 5 nitrogen and oxygen atoms in total. The maximum absolute atomic E-state index is 14.0. The Balaban J connectivity index is 1.91. The first kappa shape index (κ1) is 11.9. The Morgan fingerprint density at radius 3 is 2.81 bits per heavy atom. The molecule has 1 atom stereocenters. The number of aromatic amines is 1. The van der Waals surface area contributed by atoms with E-state index in [4.69, 9.17) is 4.42 Å². The molecule has 3 heterocycles. The summed E-state index contributed by atoms with van der Waals surface area (Å²) in [5.74, 6) is -0.142. The largest absolute Gasteiger partial charge is 0.463 e. The van der Waals surface area contributed by atoms with Gasteiger partial charge in [-0.3, -0.25) is 9.89 Å². The minimum Gasteiger partial charge on any atom is -0.463 e. The highest BCUT2D eigenvalue weighted by molar-refractivity contribution is 5.99. The first-order valence-corrected chi connectivity index (χ1v) is 6.43. The average molecular weight is 283 g/mol. The zero-order valence-electron chi connectivity index (χ0n) is 10.8. The van der Waals surface area contributed by atoms with Gasteiger partial charge >= 0.3 is 0 Å². The summed E-state index contributed by atoms with van der Waals surface area (Å²) in [4.78, 5) is 12.0. The van der Waals surface area contributed by atoms with Crippen molar-refractivity contribution < 1.29 is 13.6 Å². The molecule has 1 aliphatic heterocycles. The van der Waals surface area contributed by atoms with Gasteiger partial charge in [0.25, 0.3) is 5.91 Å². The number of halogens is 1. The summed E-state index contributed by atoms with van der Waals surface area (Å²) in [6, 6.07) is 9.28. The molecule has 4 rings (SSSR count). The molecule has 2 N–H and O–H groups in total. The third-order valence-corrected chi connectivity index (χ3v) is 3.57.